The zero-order chi connectivity index (χ0) is 22.1. The molecular formula is C23H29BrCl2N2O3. The van der Waals surface area contributed by atoms with Crippen LogP contribution in [0, 0.1) is 0 Å². The van der Waals surface area contributed by atoms with Crippen LogP contribution in [-0.2, 0) is 17.9 Å². The predicted molar refractivity (Wildman–Crippen MR) is 130 cm³/mol. The Morgan fingerprint density at radius 1 is 1.06 bits per heavy atom. The maximum atomic E-state index is 6.11. The number of hydrogen-bond acceptors (Lipinski definition) is 5. The standard InChI is InChI=1S/C23H29BrCl2N2O3/c1-2-30-22-14-18(15-27-6-3-7-28-8-10-29-11-9-28)12-19(24)23(22)31-16-17-4-5-20(25)21(26)13-17/h4-5,12-14,27H,2-3,6-11,15-16H2,1H3. The number of halogens is 3. The molecule has 1 aliphatic heterocycles. The van der Waals surface area contributed by atoms with Crippen LogP contribution in [0.2, 0.25) is 10.0 Å². The van der Waals surface area contributed by atoms with Crippen molar-refractivity contribution in [1.82, 2.24) is 10.2 Å². The van der Waals surface area contributed by atoms with Gasteiger partial charge in [0.25, 0.3) is 0 Å². The van der Waals surface area contributed by atoms with Gasteiger partial charge in [0.15, 0.2) is 11.5 Å². The number of nitrogens with zero attached hydrogens (tertiary/aromatic N) is 1. The lowest BCUT2D eigenvalue weighted by Crippen LogP contribution is -2.37. The Labute approximate surface area is 203 Å². The maximum absolute atomic E-state index is 6.11. The fraction of sp³-hybridized carbons (Fsp3) is 0.478. The molecule has 0 radical (unpaired) electrons. The molecule has 1 N–H and O–H groups in total. The minimum absolute atomic E-state index is 0.370. The zero-order valence-electron chi connectivity index (χ0n) is 17.8. The van der Waals surface area contributed by atoms with Crippen LogP contribution in [-0.4, -0.2) is 50.9 Å². The highest BCUT2D eigenvalue weighted by atomic mass is 79.9. The summed E-state index contributed by atoms with van der Waals surface area (Å²) in [6.45, 7) is 9.51. The van der Waals surface area contributed by atoms with E-state index in [9.17, 15) is 0 Å². The molecule has 3 rings (SSSR count). The number of benzene rings is 2. The molecule has 1 fully saturated rings. The molecule has 2 aromatic carbocycles. The fourth-order valence-corrected chi connectivity index (χ4v) is 4.32. The van der Waals surface area contributed by atoms with Crippen LogP contribution in [0.25, 0.3) is 0 Å². The lowest BCUT2D eigenvalue weighted by Gasteiger charge is -2.26. The Morgan fingerprint density at radius 2 is 1.87 bits per heavy atom. The highest BCUT2D eigenvalue weighted by molar-refractivity contribution is 9.10. The molecule has 1 heterocycles. The molecule has 5 nitrogen and oxygen atoms in total. The van der Waals surface area contributed by atoms with Gasteiger partial charge in [-0.05, 0) is 77.8 Å². The second kappa shape index (κ2) is 12.9. The molecule has 170 valence electrons. The van der Waals surface area contributed by atoms with E-state index >= 15 is 0 Å². The quantitative estimate of drug-likeness (QED) is 0.385. The second-order valence-corrected chi connectivity index (χ2v) is 9.03. The number of morpholine rings is 1. The van der Waals surface area contributed by atoms with Crippen LogP contribution in [0.4, 0.5) is 0 Å². The van der Waals surface area contributed by atoms with E-state index in [1.54, 1.807) is 6.07 Å². The first-order valence-corrected chi connectivity index (χ1v) is 12.1. The molecule has 0 aliphatic carbocycles. The van der Waals surface area contributed by atoms with Gasteiger partial charge in [-0.2, -0.15) is 0 Å². The Morgan fingerprint density at radius 3 is 2.61 bits per heavy atom. The van der Waals surface area contributed by atoms with Crippen LogP contribution >= 0.6 is 39.1 Å². The summed E-state index contributed by atoms with van der Waals surface area (Å²) in [5, 5.41) is 4.57. The van der Waals surface area contributed by atoms with Crippen molar-refractivity contribution >= 4 is 39.1 Å². The van der Waals surface area contributed by atoms with Crippen LogP contribution < -0.4 is 14.8 Å². The molecule has 0 spiro atoms. The van der Waals surface area contributed by atoms with Gasteiger partial charge < -0.3 is 19.5 Å². The van der Waals surface area contributed by atoms with Gasteiger partial charge in [0, 0.05) is 19.6 Å². The Kier molecular flexibility index (Phi) is 10.2. The monoisotopic (exact) mass is 530 g/mol. The van der Waals surface area contributed by atoms with E-state index in [0.717, 1.165) is 73.7 Å². The largest absolute Gasteiger partial charge is 0.490 e. The summed E-state index contributed by atoms with van der Waals surface area (Å²) in [7, 11) is 0. The van der Waals surface area contributed by atoms with E-state index < -0.39 is 0 Å². The third-order valence-electron chi connectivity index (χ3n) is 5.00. The van der Waals surface area contributed by atoms with Crippen molar-refractivity contribution in [2.24, 2.45) is 0 Å². The topological polar surface area (TPSA) is 43.0 Å². The van der Waals surface area contributed by atoms with Gasteiger partial charge in [0.05, 0.1) is 34.3 Å². The van der Waals surface area contributed by atoms with Crippen molar-refractivity contribution in [1.29, 1.82) is 0 Å². The summed E-state index contributed by atoms with van der Waals surface area (Å²) in [6, 6.07) is 9.59. The first-order chi connectivity index (χ1) is 15.1. The third-order valence-corrected chi connectivity index (χ3v) is 6.33. The molecule has 2 aromatic rings. The molecule has 1 saturated heterocycles. The van der Waals surface area contributed by atoms with Crippen LogP contribution in [0.5, 0.6) is 11.5 Å². The summed E-state index contributed by atoms with van der Waals surface area (Å²) in [4.78, 5) is 2.45. The molecule has 0 amide bonds. The average Bonchev–Trinajstić information content (AvgIpc) is 2.76. The highest BCUT2D eigenvalue weighted by Gasteiger charge is 2.13. The van der Waals surface area contributed by atoms with E-state index in [-0.39, 0.29) is 0 Å². The second-order valence-electron chi connectivity index (χ2n) is 7.36. The van der Waals surface area contributed by atoms with Crippen molar-refractivity contribution in [2.45, 2.75) is 26.5 Å². The lowest BCUT2D eigenvalue weighted by molar-refractivity contribution is 0.0374. The van der Waals surface area contributed by atoms with Gasteiger partial charge in [0.1, 0.15) is 6.61 Å². The van der Waals surface area contributed by atoms with Gasteiger partial charge in [-0.25, -0.2) is 0 Å². The summed E-state index contributed by atoms with van der Waals surface area (Å²) in [5.74, 6) is 1.41. The summed E-state index contributed by atoms with van der Waals surface area (Å²) in [6.07, 6.45) is 1.12. The van der Waals surface area contributed by atoms with Crippen molar-refractivity contribution < 1.29 is 14.2 Å². The Balaban J connectivity index is 1.54. The van der Waals surface area contributed by atoms with Gasteiger partial charge in [-0.15, -0.1) is 0 Å². The summed E-state index contributed by atoms with van der Waals surface area (Å²) < 4.78 is 18.2. The number of ether oxygens (including phenoxy) is 3. The van der Waals surface area contributed by atoms with Gasteiger partial charge in [-0.1, -0.05) is 29.3 Å². The smallest absolute Gasteiger partial charge is 0.175 e. The van der Waals surface area contributed by atoms with E-state index in [1.807, 2.05) is 25.1 Å². The highest BCUT2D eigenvalue weighted by Crippen LogP contribution is 2.37. The molecule has 0 atom stereocenters. The van der Waals surface area contributed by atoms with Crippen molar-refractivity contribution in [3.8, 4) is 11.5 Å². The van der Waals surface area contributed by atoms with Crippen molar-refractivity contribution in [3.63, 3.8) is 0 Å². The fourth-order valence-electron chi connectivity index (χ4n) is 3.40. The molecular weight excluding hydrogens is 503 g/mol. The third kappa shape index (κ3) is 7.81. The van der Waals surface area contributed by atoms with E-state index in [1.165, 1.54) is 0 Å². The van der Waals surface area contributed by atoms with E-state index in [4.69, 9.17) is 37.4 Å². The van der Waals surface area contributed by atoms with Crippen LogP contribution in [0.1, 0.15) is 24.5 Å². The summed E-state index contributed by atoms with van der Waals surface area (Å²) >= 11 is 15.7. The Bertz CT molecular complexity index is 848. The average molecular weight is 532 g/mol. The zero-order valence-corrected chi connectivity index (χ0v) is 20.9. The number of nitrogens with one attached hydrogen (secondary N) is 1. The Hall–Kier alpha value is -1.02. The number of rotatable bonds is 11. The van der Waals surface area contributed by atoms with Crippen LogP contribution in [0.3, 0.4) is 0 Å². The molecule has 0 aromatic heterocycles. The van der Waals surface area contributed by atoms with Crippen molar-refractivity contribution in [2.75, 3.05) is 46.0 Å². The normalized spacial score (nSPS) is 14.6. The molecule has 0 bridgehead atoms. The minimum atomic E-state index is 0.370. The predicted octanol–water partition coefficient (Wildman–Crippen LogP) is 5.55. The minimum Gasteiger partial charge on any atom is -0.490 e. The molecule has 0 saturated carbocycles. The molecule has 0 unspecified atom stereocenters. The first kappa shape index (κ1) is 24.6. The van der Waals surface area contributed by atoms with E-state index in [2.05, 4.69) is 32.2 Å². The molecule has 31 heavy (non-hydrogen) atoms. The van der Waals surface area contributed by atoms with Gasteiger partial charge in [-0.3, -0.25) is 4.90 Å². The SMILES string of the molecule is CCOc1cc(CNCCCN2CCOCC2)cc(Br)c1OCc1ccc(Cl)c(Cl)c1. The maximum Gasteiger partial charge on any atom is 0.175 e. The van der Waals surface area contributed by atoms with Crippen LogP contribution in [0.15, 0.2) is 34.8 Å². The van der Waals surface area contributed by atoms with Gasteiger partial charge >= 0.3 is 0 Å². The lowest BCUT2D eigenvalue weighted by atomic mass is 10.2. The van der Waals surface area contributed by atoms with E-state index in [0.29, 0.717) is 29.0 Å². The van der Waals surface area contributed by atoms with Gasteiger partial charge in [0.2, 0.25) is 0 Å². The molecule has 8 heteroatoms. The number of hydrogen-bond donors (Lipinski definition) is 1. The summed E-state index contributed by atoms with van der Waals surface area (Å²) in [5.41, 5.74) is 2.08. The molecule has 1 aliphatic rings. The first-order valence-electron chi connectivity index (χ1n) is 10.6. The van der Waals surface area contributed by atoms with Crippen molar-refractivity contribution in [3.05, 3.63) is 56.0 Å².